The van der Waals surface area contributed by atoms with Crippen LogP contribution in [-0.2, 0) is 9.53 Å². The van der Waals surface area contributed by atoms with Crippen molar-refractivity contribution in [2.45, 2.75) is 70.3 Å². The number of hydrogen-bond donors (Lipinski definition) is 3. The van der Waals surface area contributed by atoms with Crippen LogP contribution in [0, 0.1) is 5.41 Å². The highest BCUT2D eigenvalue weighted by atomic mass is 16.5. The van der Waals surface area contributed by atoms with Gasteiger partial charge in [-0.25, -0.2) is 0 Å². The van der Waals surface area contributed by atoms with Gasteiger partial charge in [0.05, 0.1) is 0 Å². The number of rotatable bonds is 9. The first-order chi connectivity index (χ1) is 12.2. The third-order valence-electron chi connectivity index (χ3n) is 5.72. The minimum atomic E-state index is 0.141. The van der Waals surface area contributed by atoms with Crippen molar-refractivity contribution < 1.29 is 9.53 Å². The molecule has 0 aliphatic heterocycles. The lowest BCUT2D eigenvalue weighted by atomic mass is 9.83. The summed E-state index contributed by atoms with van der Waals surface area (Å²) in [5.41, 5.74) is 0.327. The summed E-state index contributed by atoms with van der Waals surface area (Å²) in [4.78, 5) is 16.3. The van der Waals surface area contributed by atoms with Crippen LogP contribution in [0.15, 0.2) is 4.99 Å². The molecule has 0 aromatic rings. The van der Waals surface area contributed by atoms with Crippen molar-refractivity contribution in [2.24, 2.45) is 10.4 Å². The van der Waals surface area contributed by atoms with E-state index in [1.807, 2.05) is 0 Å². The van der Waals surface area contributed by atoms with Crippen molar-refractivity contribution in [1.29, 1.82) is 0 Å². The Morgan fingerprint density at radius 2 is 1.88 bits per heavy atom. The van der Waals surface area contributed by atoms with Gasteiger partial charge in [0.15, 0.2) is 5.96 Å². The Bertz CT molecular complexity index is 427. The van der Waals surface area contributed by atoms with Crippen LogP contribution >= 0.6 is 0 Å². The lowest BCUT2D eigenvalue weighted by molar-refractivity contribution is -0.121. The molecular formula is C19H36N4O2. The van der Waals surface area contributed by atoms with Gasteiger partial charge in [-0.1, -0.05) is 25.7 Å². The number of nitrogens with one attached hydrogen (secondary N) is 3. The van der Waals surface area contributed by atoms with Crippen LogP contribution in [0.1, 0.15) is 64.2 Å². The largest absolute Gasteiger partial charge is 0.385 e. The predicted octanol–water partition coefficient (Wildman–Crippen LogP) is 2.20. The second kappa shape index (κ2) is 10.6. The van der Waals surface area contributed by atoms with Gasteiger partial charge < -0.3 is 20.7 Å². The van der Waals surface area contributed by atoms with Crippen molar-refractivity contribution in [3.8, 4) is 0 Å². The smallest absolute Gasteiger partial charge is 0.221 e. The van der Waals surface area contributed by atoms with E-state index in [1.165, 1.54) is 38.5 Å². The highest BCUT2D eigenvalue weighted by molar-refractivity contribution is 5.81. The molecule has 144 valence electrons. The minimum absolute atomic E-state index is 0.141. The lowest BCUT2D eigenvalue weighted by Gasteiger charge is -2.30. The molecule has 0 spiro atoms. The summed E-state index contributed by atoms with van der Waals surface area (Å²) < 4.78 is 5.29. The number of carbonyl (C=O) groups excluding carboxylic acids is 1. The number of carbonyl (C=O) groups is 1. The Morgan fingerprint density at radius 1 is 1.16 bits per heavy atom. The summed E-state index contributed by atoms with van der Waals surface area (Å²) >= 11 is 0. The van der Waals surface area contributed by atoms with Crippen LogP contribution in [0.2, 0.25) is 0 Å². The first-order valence-electron chi connectivity index (χ1n) is 9.90. The summed E-state index contributed by atoms with van der Waals surface area (Å²) in [5, 5.41) is 9.85. The third-order valence-corrected chi connectivity index (χ3v) is 5.72. The Kier molecular flexibility index (Phi) is 8.52. The van der Waals surface area contributed by atoms with Crippen molar-refractivity contribution in [3.63, 3.8) is 0 Å². The average molecular weight is 353 g/mol. The molecular weight excluding hydrogens is 316 g/mol. The maximum Gasteiger partial charge on any atom is 0.221 e. The zero-order valence-electron chi connectivity index (χ0n) is 16.0. The number of aliphatic imine (C=N–C) groups is 1. The van der Waals surface area contributed by atoms with Crippen molar-refractivity contribution in [3.05, 3.63) is 0 Å². The van der Waals surface area contributed by atoms with E-state index in [4.69, 9.17) is 4.74 Å². The van der Waals surface area contributed by atoms with Gasteiger partial charge in [-0.05, 0) is 37.5 Å². The van der Waals surface area contributed by atoms with Crippen LogP contribution in [0.4, 0.5) is 0 Å². The molecule has 2 saturated carbocycles. The van der Waals surface area contributed by atoms with Gasteiger partial charge in [0.2, 0.25) is 5.91 Å². The summed E-state index contributed by atoms with van der Waals surface area (Å²) in [7, 11) is 3.55. The molecule has 1 amide bonds. The van der Waals surface area contributed by atoms with E-state index in [1.54, 1.807) is 14.2 Å². The summed E-state index contributed by atoms with van der Waals surface area (Å²) in [6, 6.07) is 0.396. The van der Waals surface area contributed by atoms with Gasteiger partial charge in [-0.3, -0.25) is 9.79 Å². The molecule has 2 aliphatic rings. The summed E-state index contributed by atoms with van der Waals surface area (Å²) in [5.74, 6) is 0.930. The first kappa shape index (κ1) is 20.0. The zero-order valence-corrected chi connectivity index (χ0v) is 16.0. The van der Waals surface area contributed by atoms with Gasteiger partial charge in [-0.15, -0.1) is 0 Å². The average Bonchev–Trinajstić information content (AvgIpc) is 3.28. The molecule has 3 N–H and O–H groups in total. The fourth-order valence-electron chi connectivity index (χ4n) is 4.11. The van der Waals surface area contributed by atoms with E-state index in [2.05, 4.69) is 20.9 Å². The van der Waals surface area contributed by atoms with Gasteiger partial charge >= 0.3 is 0 Å². The van der Waals surface area contributed by atoms with Crippen LogP contribution in [0.3, 0.4) is 0 Å². The van der Waals surface area contributed by atoms with E-state index < -0.39 is 0 Å². The molecule has 0 radical (unpaired) electrons. The molecule has 2 aliphatic carbocycles. The van der Waals surface area contributed by atoms with Gasteiger partial charge in [0, 0.05) is 46.3 Å². The second-order valence-corrected chi connectivity index (χ2v) is 7.60. The summed E-state index contributed by atoms with van der Waals surface area (Å²) in [6.07, 6.45) is 11.4. The Hall–Kier alpha value is -1.30. The number of nitrogens with zero attached hydrogens (tertiary/aromatic N) is 1. The quantitative estimate of drug-likeness (QED) is 0.439. The van der Waals surface area contributed by atoms with Gasteiger partial charge in [-0.2, -0.15) is 0 Å². The van der Waals surface area contributed by atoms with Gasteiger partial charge in [0.1, 0.15) is 0 Å². The molecule has 0 aromatic heterocycles. The SMILES string of the molecule is CN=C(NCCC(=O)NC1CCCC1)NCC1(CCOC)CCCC1. The fraction of sp³-hybridized carbons (Fsp3) is 0.895. The molecule has 0 saturated heterocycles. The zero-order chi connectivity index (χ0) is 18.0. The molecule has 6 nitrogen and oxygen atoms in total. The standard InChI is InChI=1S/C19H36N4O2/c1-20-18(21-13-9-17(24)23-16-7-3-4-8-16)22-15-19(12-14-25-2)10-5-6-11-19/h16H,3-15H2,1-2H3,(H,23,24)(H2,20,21,22). The normalized spacial score (nSPS) is 20.6. The van der Waals surface area contributed by atoms with E-state index in [0.29, 0.717) is 24.4 Å². The van der Waals surface area contributed by atoms with E-state index in [9.17, 15) is 4.79 Å². The highest BCUT2D eigenvalue weighted by Crippen LogP contribution is 2.40. The Balaban J connectivity index is 1.66. The van der Waals surface area contributed by atoms with Gasteiger partial charge in [0.25, 0.3) is 0 Å². The van der Waals surface area contributed by atoms with Crippen molar-refractivity contribution >= 4 is 11.9 Å². The fourth-order valence-corrected chi connectivity index (χ4v) is 4.11. The monoisotopic (exact) mass is 352 g/mol. The number of methoxy groups -OCH3 is 1. The third kappa shape index (κ3) is 6.84. The molecule has 25 heavy (non-hydrogen) atoms. The van der Waals surface area contributed by atoms with Crippen LogP contribution in [0.25, 0.3) is 0 Å². The summed E-state index contributed by atoms with van der Waals surface area (Å²) in [6.45, 7) is 2.35. The maximum absolute atomic E-state index is 12.0. The van der Waals surface area contributed by atoms with Crippen molar-refractivity contribution in [2.75, 3.05) is 33.9 Å². The van der Waals surface area contributed by atoms with Crippen molar-refractivity contribution in [1.82, 2.24) is 16.0 Å². The van der Waals surface area contributed by atoms with E-state index >= 15 is 0 Å². The molecule has 0 bridgehead atoms. The van der Waals surface area contributed by atoms with E-state index in [0.717, 1.165) is 38.4 Å². The highest BCUT2D eigenvalue weighted by Gasteiger charge is 2.33. The Morgan fingerprint density at radius 3 is 2.52 bits per heavy atom. The number of amides is 1. The lowest BCUT2D eigenvalue weighted by Crippen LogP contribution is -2.44. The molecule has 0 aromatic carbocycles. The van der Waals surface area contributed by atoms with Crippen LogP contribution < -0.4 is 16.0 Å². The van der Waals surface area contributed by atoms with Crippen LogP contribution in [-0.4, -0.2) is 51.8 Å². The number of guanidine groups is 1. The van der Waals surface area contributed by atoms with Crippen LogP contribution in [0.5, 0.6) is 0 Å². The molecule has 0 heterocycles. The number of ether oxygens (including phenoxy) is 1. The number of hydrogen-bond acceptors (Lipinski definition) is 3. The molecule has 0 atom stereocenters. The second-order valence-electron chi connectivity index (χ2n) is 7.60. The first-order valence-corrected chi connectivity index (χ1v) is 9.90. The molecule has 2 fully saturated rings. The minimum Gasteiger partial charge on any atom is -0.385 e. The molecule has 2 rings (SSSR count). The molecule has 6 heteroatoms. The molecule has 0 unspecified atom stereocenters. The Labute approximate surface area is 152 Å². The topological polar surface area (TPSA) is 74.8 Å². The maximum atomic E-state index is 12.0. The predicted molar refractivity (Wildman–Crippen MR) is 102 cm³/mol. The van der Waals surface area contributed by atoms with E-state index in [-0.39, 0.29) is 5.91 Å².